The predicted molar refractivity (Wildman–Crippen MR) is 239 cm³/mol. The molecule has 286 valence electrons. The van der Waals surface area contributed by atoms with Crippen molar-refractivity contribution in [3.8, 4) is 33.8 Å². The van der Waals surface area contributed by atoms with E-state index in [-0.39, 0.29) is 23.0 Å². The molecular formula is C51H50N4O2. The average Bonchev–Trinajstić information content (AvgIpc) is 3.24. The molecule has 6 heteroatoms. The second-order valence-electron chi connectivity index (χ2n) is 15.3. The molecule has 0 aliphatic heterocycles. The Bertz CT molecular complexity index is 2370. The van der Waals surface area contributed by atoms with Gasteiger partial charge >= 0.3 is 0 Å². The second kappa shape index (κ2) is 17.4. The van der Waals surface area contributed by atoms with E-state index in [1.807, 2.05) is 85.8 Å². The molecule has 0 amide bonds. The number of nitrogens with zero attached hydrogens (tertiary/aromatic N) is 2. The van der Waals surface area contributed by atoms with Crippen molar-refractivity contribution in [2.45, 2.75) is 33.7 Å². The molecule has 7 rings (SSSR count). The van der Waals surface area contributed by atoms with Crippen molar-refractivity contribution in [3.05, 3.63) is 187 Å². The molecule has 0 aromatic heterocycles. The number of rotatable bonds is 14. The van der Waals surface area contributed by atoms with Gasteiger partial charge in [0.25, 0.3) is 0 Å². The minimum Gasteiger partial charge on any atom is -0.508 e. The zero-order valence-corrected chi connectivity index (χ0v) is 33.0. The van der Waals surface area contributed by atoms with Crippen LogP contribution in [0.3, 0.4) is 0 Å². The summed E-state index contributed by atoms with van der Waals surface area (Å²) in [5, 5.41) is 29.2. The van der Waals surface area contributed by atoms with Crippen molar-refractivity contribution in [2.24, 2.45) is 10.4 Å². The normalized spacial score (nSPS) is 12.2. The Hall–Kier alpha value is -6.63. The number of anilines is 5. The molecule has 7 aromatic rings. The number of aromatic hydroxyl groups is 2. The van der Waals surface area contributed by atoms with Crippen molar-refractivity contribution < 1.29 is 10.2 Å². The lowest BCUT2D eigenvalue weighted by atomic mass is 9.92. The number of nitrogens with one attached hydrogen (secondary N) is 2. The van der Waals surface area contributed by atoms with E-state index in [1.54, 1.807) is 6.07 Å². The Morgan fingerprint density at radius 3 is 1.61 bits per heavy atom. The Labute approximate surface area is 336 Å². The molecular weight excluding hydrogens is 701 g/mol. The van der Waals surface area contributed by atoms with Gasteiger partial charge < -0.3 is 25.7 Å². The number of para-hydroxylation sites is 3. The second-order valence-corrected chi connectivity index (χ2v) is 15.3. The number of benzene rings is 7. The van der Waals surface area contributed by atoms with E-state index in [0.29, 0.717) is 13.1 Å². The van der Waals surface area contributed by atoms with E-state index in [4.69, 9.17) is 4.99 Å². The first kappa shape index (κ1) is 38.6. The van der Waals surface area contributed by atoms with Crippen molar-refractivity contribution in [1.82, 2.24) is 5.32 Å². The first-order chi connectivity index (χ1) is 27.6. The lowest BCUT2D eigenvalue weighted by Gasteiger charge is -2.26. The fourth-order valence-corrected chi connectivity index (χ4v) is 6.96. The largest absolute Gasteiger partial charge is 0.508 e. The molecule has 0 saturated carbocycles. The highest BCUT2D eigenvalue weighted by atomic mass is 16.3. The van der Waals surface area contributed by atoms with Crippen molar-refractivity contribution in [2.75, 3.05) is 23.3 Å². The molecule has 7 aromatic carbocycles. The maximum atomic E-state index is 11.2. The molecule has 0 saturated heterocycles. The van der Waals surface area contributed by atoms with Crippen molar-refractivity contribution in [1.29, 1.82) is 0 Å². The smallest absolute Gasteiger partial charge is 0.125 e. The Morgan fingerprint density at radius 2 is 1.05 bits per heavy atom. The zero-order chi connectivity index (χ0) is 39.8. The van der Waals surface area contributed by atoms with E-state index in [1.165, 1.54) is 0 Å². The summed E-state index contributed by atoms with van der Waals surface area (Å²) in [6.07, 6.45) is 0. The minimum atomic E-state index is -0.175. The van der Waals surface area contributed by atoms with Gasteiger partial charge in [-0.15, -0.1) is 0 Å². The summed E-state index contributed by atoms with van der Waals surface area (Å²) in [4.78, 5) is 7.14. The summed E-state index contributed by atoms with van der Waals surface area (Å²) in [5.41, 5.74) is 11.4. The van der Waals surface area contributed by atoms with Crippen LogP contribution in [0.25, 0.3) is 22.3 Å². The van der Waals surface area contributed by atoms with Crippen LogP contribution in [0.4, 0.5) is 28.4 Å². The molecule has 0 heterocycles. The highest BCUT2D eigenvalue weighted by molar-refractivity contribution is 6.01. The van der Waals surface area contributed by atoms with Crippen LogP contribution in [0.5, 0.6) is 11.5 Å². The monoisotopic (exact) mass is 750 g/mol. The van der Waals surface area contributed by atoms with Crippen LogP contribution in [0.1, 0.15) is 44.9 Å². The lowest BCUT2D eigenvalue weighted by Crippen LogP contribution is -2.33. The van der Waals surface area contributed by atoms with Crippen LogP contribution >= 0.6 is 0 Å². The van der Waals surface area contributed by atoms with Gasteiger partial charge in [0.2, 0.25) is 0 Å². The molecule has 0 aliphatic rings. The first-order valence-corrected chi connectivity index (χ1v) is 19.5. The van der Waals surface area contributed by atoms with Crippen LogP contribution < -0.4 is 15.5 Å². The highest BCUT2D eigenvalue weighted by Gasteiger charge is 2.21. The molecule has 1 atom stereocenters. The van der Waals surface area contributed by atoms with Gasteiger partial charge in [0.1, 0.15) is 11.5 Å². The number of phenolic OH excluding ortho intramolecular Hbond substituents is 2. The zero-order valence-electron chi connectivity index (χ0n) is 33.0. The van der Waals surface area contributed by atoms with E-state index >= 15 is 0 Å². The Morgan fingerprint density at radius 1 is 0.579 bits per heavy atom. The highest BCUT2D eigenvalue weighted by Crippen LogP contribution is 2.37. The summed E-state index contributed by atoms with van der Waals surface area (Å²) in [7, 11) is 0. The third-order valence-electron chi connectivity index (χ3n) is 10.3. The summed E-state index contributed by atoms with van der Waals surface area (Å²) < 4.78 is 0. The molecule has 0 aliphatic carbocycles. The summed E-state index contributed by atoms with van der Waals surface area (Å²) in [6.45, 7) is 9.62. The molecule has 0 radical (unpaired) electrons. The SMILES string of the molecule is CC(=NCC(C)(C)CNC(C)c1ccc(-c2ccc(N(c3ccccc3)c3ccccc3)cc2)cc1O)c1ccc(-c2ccc(Nc3ccccc3)cc2)cc1O. The van der Waals surface area contributed by atoms with Gasteiger partial charge in [-0.05, 0) is 120 Å². The average molecular weight is 751 g/mol. The molecule has 0 spiro atoms. The first-order valence-electron chi connectivity index (χ1n) is 19.5. The summed E-state index contributed by atoms with van der Waals surface area (Å²) in [6, 6.07) is 59.1. The van der Waals surface area contributed by atoms with Gasteiger partial charge in [0, 0.05) is 64.4 Å². The molecule has 57 heavy (non-hydrogen) atoms. The van der Waals surface area contributed by atoms with Gasteiger partial charge in [-0.2, -0.15) is 0 Å². The van der Waals surface area contributed by atoms with Gasteiger partial charge in [-0.1, -0.05) is 111 Å². The fourth-order valence-electron chi connectivity index (χ4n) is 6.96. The number of phenols is 2. The van der Waals surface area contributed by atoms with Gasteiger partial charge in [0.15, 0.2) is 0 Å². The predicted octanol–water partition coefficient (Wildman–Crippen LogP) is 12.8. The summed E-state index contributed by atoms with van der Waals surface area (Å²) in [5.74, 6) is 0.471. The lowest BCUT2D eigenvalue weighted by molar-refractivity contribution is 0.333. The molecule has 4 N–H and O–H groups in total. The number of aliphatic imine (C=N–C) groups is 1. The van der Waals surface area contributed by atoms with E-state index in [0.717, 1.165) is 67.5 Å². The quantitative estimate of drug-likeness (QED) is 0.0833. The third-order valence-corrected chi connectivity index (χ3v) is 10.3. The minimum absolute atomic E-state index is 0.0733. The van der Waals surface area contributed by atoms with Crippen molar-refractivity contribution in [3.63, 3.8) is 0 Å². The molecule has 1 unspecified atom stereocenters. The van der Waals surface area contributed by atoms with E-state index in [2.05, 4.69) is 127 Å². The maximum absolute atomic E-state index is 11.2. The van der Waals surface area contributed by atoms with Crippen LogP contribution in [-0.2, 0) is 0 Å². The van der Waals surface area contributed by atoms with Crippen molar-refractivity contribution >= 4 is 34.1 Å². The standard InChI is InChI=1S/C51H50N4O2/c1-36(47-30-24-40(32-49(47)56)38-20-26-43(27-21-38)54-42-14-8-5-9-15-42)52-34-51(3,4)35-53-37(2)48-31-25-41(33-50(48)57)39-22-28-46(29-23-39)55(44-16-10-6-11-17-44)45-18-12-7-13-19-45/h5-33,37,53-54,56-57H,34-35H2,1-4H3. The van der Waals surface area contributed by atoms with E-state index in [9.17, 15) is 10.2 Å². The van der Waals surface area contributed by atoms with Crippen LogP contribution in [0.2, 0.25) is 0 Å². The third kappa shape index (κ3) is 9.61. The topological polar surface area (TPSA) is 80.1 Å². The number of hydrogen-bond acceptors (Lipinski definition) is 6. The van der Waals surface area contributed by atoms with E-state index < -0.39 is 0 Å². The fraction of sp³-hybridized carbons (Fsp3) is 0.157. The molecule has 0 bridgehead atoms. The Balaban J connectivity index is 0.953. The van der Waals surface area contributed by atoms with Gasteiger partial charge in [-0.3, -0.25) is 4.99 Å². The van der Waals surface area contributed by atoms with Gasteiger partial charge in [0.05, 0.1) is 0 Å². The summed E-state index contributed by atoms with van der Waals surface area (Å²) >= 11 is 0. The van der Waals surface area contributed by atoms with Crippen LogP contribution in [0.15, 0.2) is 181 Å². The molecule has 0 fully saturated rings. The molecule has 6 nitrogen and oxygen atoms in total. The maximum Gasteiger partial charge on any atom is 0.125 e. The number of hydrogen-bond donors (Lipinski definition) is 4. The Kier molecular flexibility index (Phi) is 11.8. The van der Waals surface area contributed by atoms with Crippen LogP contribution in [-0.4, -0.2) is 29.0 Å². The van der Waals surface area contributed by atoms with Crippen LogP contribution in [0, 0.1) is 5.41 Å². The van der Waals surface area contributed by atoms with Gasteiger partial charge in [-0.25, -0.2) is 0 Å².